The summed E-state index contributed by atoms with van der Waals surface area (Å²) in [4.78, 5) is 0. The van der Waals surface area contributed by atoms with Crippen LogP contribution in [0.15, 0.2) is 6.20 Å². The molecule has 0 saturated heterocycles. The van der Waals surface area contributed by atoms with Crippen LogP contribution in [-0.4, -0.2) is 16.9 Å². The van der Waals surface area contributed by atoms with Crippen molar-refractivity contribution in [2.45, 2.75) is 66.5 Å². The predicted octanol–water partition coefficient (Wildman–Crippen LogP) is 3.76. The number of hydrogen-bond acceptors (Lipinski definition) is 3. The predicted molar refractivity (Wildman–Crippen MR) is 83.9 cm³/mol. The molecule has 0 spiro atoms. The van der Waals surface area contributed by atoms with E-state index in [4.69, 9.17) is 10.5 Å². The first-order valence-corrected chi connectivity index (χ1v) is 7.63. The Morgan fingerprint density at radius 1 is 1.40 bits per heavy atom. The SMILES string of the molecule is CCCn1ncc(OC)c1C(N)CC(C)CC(C)(C)C. The lowest BCUT2D eigenvalue weighted by Crippen LogP contribution is -2.21. The summed E-state index contributed by atoms with van der Waals surface area (Å²) in [5.41, 5.74) is 7.80. The van der Waals surface area contributed by atoms with Gasteiger partial charge in [0.1, 0.15) is 0 Å². The fourth-order valence-electron chi connectivity index (χ4n) is 2.97. The summed E-state index contributed by atoms with van der Waals surface area (Å²) in [6.45, 7) is 12.1. The van der Waals surface area contributed by atoms with Crippen molar-refractivity contribution in [1.82, 2.24) is 9.78 Å². The summed E-state index contributed by atoms with van der Waals surface area (Å²) < 4.78 is 7.41. The van der Waals surface area contributed by atoms with Crippen molar-refractivity contribution in [3.63, 3.8) is 0 Å². The van der Waals surface area contributed by atoms with Gasteiger partial charge in [0, 0.05) is 6.54 Å². The average Bonchev–Trinajstić information content (AvgIpc) is 2.69. The normalized spacial score (nSPS) is 15.2. The second-order valence-corrected chi connectivity index (χ2v) is 7.03. The summed E-state index contributed by atoms with van der Waals surface area (Å²) in [6.07, 6.45) is 4.95. The van der Waals surface area contributed by atoms with E-state index in [-0.39, 0.29) is 6.04 Å². The molecule has 0 bridgehead atoms. The first kappa shape index (κ1) is 17.0. The van der Waals surface area contributed by atoms with Gasteiger partial charge in [-0.1, -0.05) is 34.6 Å². The van der Waals surface area contributed by atoms with Crippen LogP contribution in [-0.2, 0) is 6.54 Å². The fraction of sp³-hybridized carbons (Fsp3) is 0.812. The van der Waals surface area contributed by atoms with Gasteiger partial charge in [0.2, 0.25) is 0 Å². The van der Waals surface area contributed by atoms with Crippen molar-refractivity contribution in [1.29, 1.82) is 0 Å². The third kappa shape index (κ3) is 4.82. The Balaban J connectivity index is 2.80. The Labute approximate surface area is 123 Å². The van der Waals surface area contributed by atoms with Gasteiger partial charge in [0.05, 0.1) is 25.0 Å². The molecule has 2 atom stereocenters. The summed E-state index contributed by atoms with van der Waals surface area (Å²) in [6, 6.07) is -0.0173. The number of nitrogens with two attached hydrogens (primary N) is 1. The van der Waals surface area contributed by atoms with Crippen LogP contribution < -0.4 is 10.5 Å². The lowest BCUT2D eigenvalue weighted by molar-refractivity contribution is 0.282. The Morgan fingerprint density at radius 2 is 2.05 bits per heavy atom. The first-order chi connectivity index (χ1) is 9.28. The molecule has 116 valence electrons. The molecule has 4 heteroatoms. The molecule has 0 radical (unpaired) electrons. The average molecular weight is 281 g/mol. The van der Waals surface area contributed by atoms with E-state index in [1.807, 2.05) is 4.68 Å². The molecular formula is C16H31N3O. The summed E-state index contributed by atoms with van der Waals surface area (Å²) in [5, 5.41) is 4.39. The zero-order valence-corrected chi connectivity index (χ0v) is 13.9. The van der Waals surface area contributed by atoms with Crippen LogP contribution in [0.4, 0.5) is 0 Å². The highest BCUT2D eigenvalue weighted by atomic mass is 16.5. The zero-order valence-electron chi connectivity index (χ0n) is 13.9. The molecule has 4 nitrogen and oxygen atoms in total. The summed E-state index contributed by atoms with van der Waals surface area (Å²) >= 11 is 0. The monoisotopic (exact) mass is 281 g/mol. The zero-order chi connectivity index (χ0) is 15.3. The van der Waals surface area contributed by atoms with Gasteiger partial charge in [-0.3, -0.25) is 4.68 Å². The minimum absolute atomic E-state index is 0.0173. The molecule has 1 heterocycles. The minimum Gasteiger partial charge on any atom is -0.493 e. The van der Waals surface area contributed by atoms with Gasteiger partial charge in [-0.2, -0.15) is 5.10 Å². The van der Waals surface area contributed by atoms with E-state index < -0.39 is 0 Å². The van der Waals surface area contributed by atoms with Crippen LogP contribution in [0.3, 0.4) is 0 Å². The Hall–Kier alpha value is -1.03. The van der Waals surface area contributed by atoms with E-state index in [0.29, 0.717) is 11.3 Å². The van der Waals surface area contributed by atoms with Crippen molar-refractivity contribution in [2.75, 3.05) is 7.11 Å². The molecule has 0 saturated carbocycles. The smallest absolute Gasteiger partial charge is 0.161 e. The van der Waals surface area contributed by atoms with E-state index in [2.05, 4.69) is 39.7 Å². The number of methoxy groups -OCH3 is 1. The number of rotatable bonds is 7. The van der Waals surface area contributed by atoms with Crippen molar-refractivity contribution in [3.8, 4) is 5.75 Å². The molecule has 2 unspecified atom stereocenters. The molecular weight excluding hydrogens is 250 g/mol. The van der Waals surface area contributed by atoms with Crippen LogP contribution in [0.5, 0.6) is 5.75 Å². The third-order valence-corrected chi connectivity index (χ3v) is 3.47. The van der Waals surface area contributed by atoms with Crippen molar-refractivity contribution in [2.24, 2.45) is 17.1 Å². The van der Waals surface area contributed by atoms with Crippen molar-refractivity contribution < 1.29 is 4.74 Å². The number of hydrogen-bond donors (Lipinski definition) is 1. The lowest BCUT2D eigenvalue weighted by Gasteiger charge is -2.25. The molecule has 1 aromatic rings. The standard InChI is InChI=1S/C16H31N3O/c1-7-8-19-15(14(20-6)11-18-19)13(17)9-12(2)10-16(3,4)5/h11-13H,7-10,17H2,1-6H3. The summed E-state index contributed by atoms with van der Waals surface area (Å²) in [5.74, 6) is 1.40. The van der Waals surface area contributed by atoms with E-state index in [1.165, 1.54) is 6.42 Å². The van der Waals surface area contributed by atoms with E-state index in [0.717, 1.165) is 30.8 Å². The third-order valence-electron chi connectivity index (χ3n) is 3.47. The van der Waals surface area contributed by atoms with Gasteiger partial charge in [-0.15, -0.1) is 0 Å². The van der Waals surface area contributed by atoms with E-state index in [9.17, 15) is 0 Å². The number of aromatic nitrogens is 2. The van der Waals surface area contributed by atoms with Gasteiger partial charge in [-0.25, -0.2) is 0 Å². The maximum Gasteiger partial charge on any atom is 0.161 e. The van der Waals surface area contributed by atoms with Gasteiger partial charge in [0.15, 0.2) is 5.75 Å². The largest absolute Gasteiger partial charge is 0.493 e. The molecule has 0 aliphatic rings. The molecule has 20 heavy (non-hydrogen) atoms. The molecule has 0 aliphatic carbocycles. The van der Waals surface area contributed by atoms with Gasteiger partial charge >= 0.3 is 0 Å². The quantitative estimate of drug-likeness (QED) is 0.828. The summed E-state index contributed by atoms with van der Waals surface area (Å²) in [7, 11) is 1.68. The highest BCUT2D eigenvalue weighted by molar-refractivity contribution is 5.28. The Bertz CT molecular complexity index is 406. The van der Waals surface area contributed by atoms with Crippen LogP contribution in [0.1, 0.15) is 65.6 Å². The number of nitrogens with zero attached hydrogens (tertiary/aromatic N) is 2. The second-order valence-electron chi connectivity index (χ2n) is 7.03. The van der Waals surface area contributed by atoms with Crippen molar-refractivity contribution in [3.05, 3.63) is 11.9 Å². The lowest BCUT2D eigenvalue weighted by atomic mass is 9.82. The van der Waals surface area contributed by atoms with E-state index in [1.54, 1.807) is 13.3 Å². The van der Waals surface area contributed by atoms with Gasteiger partial charge in [0.25, 0.3) is 0 Å². The Kier molecular flexibility index (Phi) is 6.06. The minimum atomic E-state index is -0.0173. The van der Waals surface area contributed by atoms with E-state index >= 15 is 0 Å². The number of ether oxygens (including phenoxy) is 1. The molecule has 1 rings (SSSR count). The van der Waals surface area contributed by atoms with Crippen LogP contribution in [0, 0.1) is 11.3 Å². The molecule has 0 aliphatic heterocycles. The van der Waals surface area contributed by atoms with Crippen molar-refractivity contribution >= 4 is 0 Å². The first-order valence-electron chi connectivity index (χ1n) is 7.63. The van der Waals surface area contributed by atoms with Gasteiger partial charge in [-0.05, 0) is 30.6 Å². The molecule has 0 amide bonds. The molecule has 0 aromatic carbocycles. The highest BCUT2D eigenvalue weighted by Gasteiger charge is 2.23. The Morgan fingerprint density at radius 3 is 2.55 bits per heavy atom. The topological polar surface area (TPSA) is 53.1 Å². The maximum absolute atomic E-state index is 6.43. The molecule has 2 N–H and O–H groups in total. The fourth-order valence-corrected chi connectivity index (χ4v) is 2.97. The second kappa shape index (κ2) is 7.11. The van der Waals surface area contributed by atoms with Crippen LogP contribution in [0.2, 0.25) is 0 Å². The maximum atomic E-state index is 6.43. The highest BCUT2D eigenvalue weighted by Crippen LogP contribution is 2.32. The number of aryl methyl sites for hydroxylation is 1. The van der Waals surface area contributed by atoms with Crippen LogP contribution >= 0.6 is 0 Å². The molecule has 0 fully saturated rings. The van der Waals surface area contributed by atoms with Gasteiger partial charge < -0.3 is 10.5 Å². The van der Waals surface area contributed by atoms with Crippen LogP contribution in [0.25, 0.3) is 0 Å². The molecule has 1 aromatic heterocycles.